The Hall–Kier alpha value is -1.22. The third-order valence-corrected chi connectivity index (χ3v) is 7.47. The molecule has 1 N–H and O–H groups in total. The van der Waals surface area contributed by atoms with Gasteiger partial charge in [0, 0.05) is 37.3 Å². The fraction of sp³-hybridized carbons (Fsp3) is 0.562. The van der Waals surface area contributed by atoms with Gasteiger partial charge in [0.2, 0.25) is 10.0 Å². The lowest BCUT2D eigenvalue weighted by atomic mass is 10.1. The molecule has 0 spiro atoms. The third kappa shape index (κ3) is 3.56. The highest BCUT2D eigenvalue weighted by Crippen LogP contribution is 2.28. The number of hydrogen-bond acceptors (Lipinski definition) is 5. The molecule has 1 atom stereocenters. The largest absolute Gasteiger partial charge is 0.290 e. The van der Waals surface area contributed by atoms with Crippen LogP contribution in [0.1, 0.15) is 35.9 Å². The molecular formula is C16H22N4O2S2. The van der Waals surface area contributed by atoms with Crippen molar-refractivity contribution in [3.8, 4) is 0 Å². The van der Waals surface area contributed by atoms with Gasteiger partial charge in [0.15, 0.2) is 0 Å². The molecule has 0 radical (unpaired) electrons. The number of aromatic nitrogens is 2. The molecular weight excluding hydrogens is 344 g/mol. The average Bonchev–Trinajstić information content (AvgIpc) is 3.11. The van der Waals surface area contributed by atoms with Crippen LogP contribution in [0.5, 0.6) is 0 Å². The molecule has 8 heteroatoms. The third-order valence-electron chi connectivity index (χ3n) is 4.66. The fourth-order valence-corrected chi connectivity index (χ4v) is 5.43. The topological polar surface area (TPSA) is 67.2 Å². The lowest BCUT2D eigenvalue weighted by molar-refractivity contribution is 0.163. The van der Waals surface area contributed by atoms with Crippen LogP contribution in [-0.4, -0.2) is 41.4 Å². The van der Waals surface area contributed by atoms with Gasteiger partial charge in [-0.15, -0.1) is 11.3 Å². The van der Waals surface area contributed by atoms with Gasteiger partial charge >= 0.3 is 0 Å². The minimum absolute atomic E-state index is 0.153. The SMILES string of the molecule is O=S(=O)(NCC[C@H]1CN(Cc2cccs2)Cc2ccnn21)C1CC1. The predicted molar refractivity (Wildman–Crippen MR) is 94.3 cm³/mol. The van der Waals surface area contributed by atoms with Gasteiger partial charge in [-0.3, -0.25) is 9.58 Å². The van der Waals surface area contributed by atoms with Gasteiger partial charge < -0.3 is 0 Å². The van der Waals surface area contributed by atoms with Crippen LogP contribution < -0.4 is 4.72 Å². The Morgan fingerprint density at radius 3 is 2.96 bits per heavy atom. The standard InChI is InChI=1S/C16H22N4O2S2/c21-24(22,16-3-4-16)18-8-6-14-11-19(12-15-2-1-9-23-15)10-13-5-7-17-20(13)14/h1-2,5,7,9,14,16,18H,3-4,6,8,10-12H2/t14-/m0/s1. The minimum Gasteiger partial charge on any atom is -0.290 e. The Bertz CT molecular complexity index is 781. The van der Waals surface area contributed by atoms with E-state index in [1.54, 1.807) is 11.3 Å². The van der Waals surface area contributed by atoms with Gasteiger partial charge in [0.05, 0.1) is 17.0 Å². The molecule has 2 aromatic rings. The first-order valence-electron chi connectivity index (χ1n) is 8.37. The van der Waals surface area contributed by atoms with Crippen molar-refractivity contribution in [2.75, 3.05) is 13.1 Å². The van der Waals surface area contributed by atoms with E-state index >= 15 is 0 Å². The zero-order valence-corrected chi connectivity index (χ0v) is 15.1. The molecule has 3 heterocycles. The first-order chi connectivity index (χ1) is 11.6. The van der Waals surface area contributed by atoms with Gasteiger partial charge in [-0.1, -0.05) is 6.07 Å². The summed E-state index contributed by atoms with van der Waals surface area (Å²) in [7, 11) is -3.10. The van der Waals surface area contributed by atoms with Crippen LogP contribution >= 0.6 is 11.3 Å². The van der Waals surface area contributed by atoms with E-state index < -0.39 is 10.0 Å². The van der Waals surface area contributed by atoms with E-state index in [9.17, 15) is 8.42 Å². The molecule has 0 saturated heterocycles. The first-order valence-corrected chi connectivity index (χ1v) is 10.8. The van der Waals surface area contributed by atoms with Crippen molar-refractivity contribution in [2.24, 2.45) is 0 Å². The molecule has 4 rings (SSSR count). The maximum Gasteiger partial charge on any atom is 0.214 e. The Balaban J connectivity index is 1.39. The van der Waals surface area contributed by atoms with E-state index in [0.717, 1.165) is 38.9 Å². The van der Waals surface area contributed by atoms with Crippen LogP contribution in [0.2, 0.25) is 0 Å². The Kier molecular flexibility index (Phi) is 4.46. The van der Waals surface area contributed by atoms with Crippen molar-refractivity contribution in [1.82, 2.24) is 19.4 Å². The zero-order valence-electron chi connectivity index (χ0n) is 13.5. The number of rotatable bonds is 7. The summed E-state index contributed by atoms with van der Waals surface area (Å²) in [5, 5.41) is 6.40. The molecule has 0 unspecified atom stereocenters. The number of hydrogen-bond donors (Lipinski definition) is 1. The second-order valence-corrected chi connectivity index (χ2v) is 9.67. The van der Waals surface area contributed by atoms with Crippen LogP contribution in [0.3, 0.4) is 0 Å². The van der Waals surface area contributed by atoms with Crippen molar-refractivity contribution in [2.45, 2.75) is 43.6 Å². The molecule has 24 heavy (non-hydrogen) atoms. The van der Waals surface area contributed by atoms with Crippen LogP contribution in [0.25, 0.3) is 0 Å². The van der Waals surface area contributed by atoms with Gasteiger partial charge in [0.25, 0.3) is 0 Å². The lowest BCUT2D eigenvalue weighted by Crippen LogP contribution is -2.39. The number of sulfonamides is 1. The zero-order chi connectivity index (χ0) is 16.6. The van der Waals surface area contributed by atoms with Gasteiger partial charge in [-0.25, -0.2) is 13.1 Å². The number of fused-ring (bicyclic) bond motifs is 1. The quantitative estimate of drug-likeness (QED) is 0.814. The van der Waals surface area contributed by atoms with Gasteiger partial charge in [-0.2, -0.15) is 5.10 Å². The number of nitrogens with zero attached hydrogens (tertiary/aromatic N) is 3. The van der Waals surface area contributed by atoms with E-state index in [4.69, 9.17) is 0 Å². The smallest absolute Gasteiger partial charge is 0.214 e. The predicted octanol–water partition coefficient (Wildman–Crippen LogP) is 1.97. The molecule has 6 nitrogen and oxygen atoms in total. The van der Waals surface area contributed by atoms with Crippen molar-refractivity contribution < 1.29 is 8.42 Å². The first kappa shape index (κ1) is 16.3. The molecule has 0 amide bonds. The van der Waals surface area contributed by atoms with E-state index in [1.807, 2.05) is 6.20 Å². The molecule has 130 valence electrons. The molecule has 1 saturated carbocycles. The van der Waals surface area contributed by atoms with Gasteiger partial charge in [-0.05, 0) is 36.8 Å². The number of nitrogens with one attached hydrogen (secondary N) is 1. The molecule has 1 fully saturated rings. The molecule has 1 aliphatic heterocycles. The van der Waals surface area contributed by atoms with Crippen LogP contribution in [-0.2, 0) is 23.1 Å². The molecule has 0 aromatic carbocycles. The Labute approximate surface area is 146 Å². The van der Waals surface area contributed by atoms with Gasteiger partial charge in [0.1, 0.15) is 0 Å². The highest BCUT2D eigenvalue weighted by molar-refractivity contribution is 7.90. The van der Waals surface area contributed by atoms with Crippen LogP contribution in [0.15, 0.2) is 29.8 Å². The van der Waals surface area contributed by atoms with Crippen molar-refractivity contribution in [3.63, 3.8) is 0 Å². The monoisotopic (exact) mass is 366 g/mol. The van der Waals surface area contributed by atoms with E-state index in [0.29, 0.717) is 6.54 Å². The summed E-state index contributed by atoms with van der Waals surface area (Å²) in [5.41, 5.74) is 1.20. The normalized spacial score (nSPS) is 21.8. The lowest BCUT2D eigenvalue weighted by Gasteiger charge is -2.33. The summed E-state index contributed by atoms with van der Waals surface area (Å²) in [6.45, 7) is 3.21. The van der Waals surface area contributed by atoms with Crippen LogP contribution in [0.4, 0.5) is 0 Å². The van der Waals surface area contributed by atoms with E-state index in [1.165, 1.54) is 10.6 Å². The summed E-state index contributed by atoms with van der Waals surface area (Å²) in [6.07, 6.45) is 4.21. The fourth-order valence-electron chi connectivity index (χ4n) is 3.29. The average molecular weight is 367 g/mol. The van der Waals surface area contributed by atoms with Crippen LogP contribution in [0, 0.1) is 0 Å². The molecule has 0 bridgehead atoms. The maximum atomic E-state index is 12.0. The second kappa shape index (κ2) is 6.59. The maximum absolute atomic E-state index is 12.0. The summed E-state index contributed by atoms with van der Waals surface area (Å²) in [5.74, 6) is 0. The highest BCUT2D eigenvalue weighted by atomic mass is 32.2. The summed E-state index contributed by atoms with van der Waals surface area (Å²) >= 11 is 1.78. The van der Waals surface area contributed by atoms with E-state index in [-0.39, 0.29) is 11.3 Å². The molecule has 2 aromatic heterocycles. The summed E-state index contributed by atoms with van der Waals surface area (Å²) < 4.78 is 28.8. The Morgan fingerprint density at radius 2 is 2.21 bits per heavy atom. The van der Waals surface area contributed by atoms with Crippen molar-refractivity contribution >= 4 is 21.4 Å². The molecule has 1 aliphatic carbocycles. The summed E-state index contributed by atoms with van der Waals surface area (Å²) in [4.78, 5) is 3.78. The number of thiophene rings is 1. The van der Waals surface area contributed by atoms with E-state index in [2.05, 4.69) is 43.0 Å². The van der Waals surface area contributed by atoms with Crippen molar-refractivity contribution in [1.29, 1.82) is 0 Å². The second-order valence-electron chi connectivity index (χ2n) is 6.60. The summed E-state index contributed by atoms with van der Waals surface area (Å²) in [6, 6.07) is 6.51. The van der Waals surface area contributed by atoms with Crippen molar-refractivity contribution in [3.05, 3.63) is 40.3 Å². The minimum atomic E-state index is -3.10. The molecule has 2 aliphatic rings. The highest BCUT2D eigenvalue weighted by Gasteiger charge is 2.35. The Morgan fingerprint density at radius 1 is 1.33 bits per heavy atom.